The lowest BCUT2D eigenvalue weighted by atomic mass is 9.94. The molecule has 1 N–H and O–H groups in total. The molecule has 6 heteroatoms. The molecule has 0 aliphatic rings. The van der Waals surface area contributed by atoms with Crippen LogP contribution in [-0.4, -0.2) is 36.1 Å². The van der Waals surface area contributed by atoms with Gasteiger partial charge in [0.05, 0.1) is 21.7 Å². The van der Waals surface area contributed by atoms with Crippen LogP contribution in [0.1, 0.15) is 33.8 Å². The maximum atomic E-state index is 13.2. The van der Waals surface area contributed by atoms with Gasteiger partial charge in [-0.3, -0.25) is 4.79 Å². The van der Waals surface area contributed by atoms with Gasteiger partial charge in [0.25, 0.3) is 5.91 Å². The van der Waals surface area contributed by atoms with Crippen LogP contribution in [0.15, 0.2) is 54.6 Å². The SMILES string of the molecule is CN(C[C@@H](CCO)c1ccc(Cl)c(Cl)c1)C(=O)c1cc(C#N)cc2ccccc12. The Morgan fingerprint density at radius 2 is 1.90 bits per heavy atom. The van der Waals surface area contributed by atoms with E-state index in [1.54, 1.807) is 36.2 Å². The minimum atomic E-state index is -0.179. The van der Waals surface area contributed by atoms with E-state index in [2.05, 4.69) is 6.07 Å². The van der Waals surface area contributed by atoms with Gasteiger partial charge >= 0.3 is 0 Å². The van der Waals surface area contributed by atoms with Crippen molar-refractivity contribution in [3.05, 3.63) is 81.3 Å². The molecule has 0 bridgehead atoms. The minimum Gasteiger partial charge on any atom is -0.396 e. The third kappa shape index (κ3) is 4.71. The van der Waals surface area contributed by atoms with E-state index < -0.39 is 0 Å². The number of rotatable bonds is 6. The third-order valence-corrected chi connectivity index (χ3v) is 5.69. The van der Waals surface area contributed by atoms with E-state index in [4.69, 9.17) is 23.2 Å². The first-order chi connectivity index (χ1) is 13.9. The van der Waals surface area contributed by atoms with Crippen molar-refractivity contribution < 1.29 is 9.90 Å². The second-order valence-electron chi connectivity index (χ2n) is 6.93. The summed E-state index contributed by atoms with van der Waals surface area (Å²) in [4.78, 5) is 14.8. The van der Waals surface area contributed by atoms with E-state index in [0.29, 0.717) is 34.1 Å². The first-order valence-electron chi connectivity index (χ1n) is 9.18. The Morgan fingerprint density at radius 1 is 1.14 bits per heavy atom. The van der Waals surface area contributed by atoms with Crippen molar-refractivity contribution in [2.45, 2.75) is 12.3 Å². The van der Waals surface area contributed by atoms with Gasteiger partial charge in [-0.2, -0.15) is 5.26 Å². The van der Waals surface area contributed by atoms with Gasteiger partial charge in [-0.05, 0) is 47.0 Å². The molecule has 0 saturated heterocycles. The molecular formula is C23H20Cl2N2O2. The molecule has 0 aromatic heterocycles. The monoisotopic (exact) mass is 426 g/mol. The molecule has 0 saturated carbocycles. The van der Waals surface area contributed by atoms with Gasteiger partial charge in [-0.15, -0.1) is 0 Å². The van der Waals surface area contributed by atoms with Crippen LogP contribution in [0.2, 0.25) is 10.0 Å². The molecule has 3 aromatic carbocycles. The summed E-state index contributed by atoms with van der Waals surface area (Å²) in [6.45, 7) is 0.377. The van der Waals surface area contributed by atoms with Gasteiger partial charge in [-0.25, -0.2) is 0 Å². The number of nitrogens with zero attached hydrogens (tertiary/aromatic N) is 2. The van der Waals surface area contributed by atoms with Gasteiger partial charge in [0.15, 0.2) is 0 Å². The van der Waals surface area contributed by atoms with Crippen LogP contribution in [-0.2, 0) is 0 Å². The van der Waals surface area contributed by atoms with Crippen molar-refractivity contribution in [3.8, 4) is 6.07 Å². The maximum Gasteiger partial charge on any atom is 0.254 e. The number of hydrogen-bond acceptors (Lipinski definition) is 3. The number of likely N-dealkylation sites (N-methyl/N-ethyl adjacent to an activating group) is 1. The number of benzene rings is 3. The van der Waals surface area contributed by atoms with Gasteiger partial charge < -0.3 is 10.0 Å². The van der Waals surface area contributed by atoms with Gasteiger partial charge in [-0.1, -0.05) is 53.5 Å². The summed E-state index contributed by atoms with van der Waals surface area (Å²) in [6, 6.07) is 18.4. The molecular weight excluding hydrogens is 407 g/mol. The van der Waals surface area contributed by atoms with Crippen LogP contribution < -0.4 is 0 Å². The molecule has 1 amide bonds. The second kappa shape index (κ2) is 9.28. The lowest BCUT2D eigenvalue weighted by Crippen LogP contribution is -2.31. The molecule has 0 spiro atoms. The number of aliphatic hydroxyl groups is 1. The van der Waals surface area contributed by atoms with Crippen molar-refractivity contribution in [2.75, 3.05) is 20.2 Å². The number of aliphatic hydroxyl groups excluding tert-OH is 1. The van der Waals surface area contributed by atoms with Crippen LogP contribution in [0.5, 0.6) is 0 Å². The Balaban J connectivity index is 1.92. The topological polar surface area (TPSA) is 64.3 Å². The van der Waals surface area contributed by atoms with E-state index in [-0.39, 0.29) is 18.4 Å². The molecule has 3 rings (SSSR count). The van der Waals surface area contributed by atoms with Gasteiger partial charge in [0.1, 0.15) is 0 Å². The highest BCUT2D eigenvalue weighted by atomic mass is 35.5. The molecule has 0 aliphatic heterocycles. The van der Waals surface area contributed by atoms with Crippen molar-refractivity contribution in [1.29, 1.82) is 5.26 Å². The van der Waals surface area contributed by atoms with Crippen LogP contribution in [0.4, 0.5) is 0 Å². The quantitative estimate of drug-likeness (QED) is 0.584. The zero-order chi connectivity index (χ0) is 21.0. The van der Waals surface area contributed by atoms with Gasteiger partial charge in [0.2, 0.25) is 0 Å². The normalized spacial score (nSPS) is 11.8. The lowest BCUT2D eigenvalue weighted by Gasteiger charge is -2.25. The number of amides is 1. The number of carbonyl (C=O) groups excluding carboxylic acids is 1. The van der Waals surface area contributed by atoms with Crippen LogP contribution in [0, 0.1) is 11.3 Å². The Morgan fingerprint density at radius 3 is 2.59 bits per heavy atom. The fraction of sp³-hybridized carbons (Fsp3) is 0.217. The predicted molar refractivity (Wildman–Crippen MR) is 117 cm³/mol. The van der Waals surface area contributed by atoms with Crippen molar-refractivity contribution in [1.82, 2.24) is 4.90 Å². The highest BCUT2D eigenvalue weighted by Crippen LogP contribution is 2.29. The van der Waals surface area contributed by atoms with Crippen LogP contribution >= 0.6 is 23.2 Å². The zero-order valence-corrected chi connectivity index (χ0v) is 17.4. The van der Waals surface area contributed by atoms with Gasteiger partial charge in [0, 0.05) is 31.7 Å². The van der Waals surface area contributed by atoms with E-state index in [1.807, 2.05) is 30.3 Å². The third-order valence-electron chi connectivity index (χ3n) is 4.95. The molecule has 0 unspecified atom stereocenters. The number of halogens is 2. The summed E-state index contributed by atoms with van der Waals surface area (Å²) >= 11 is 12.2. The Bertz CT molecular complexity index is 1090. The average Bonchev–Trinajstić information content (AvgIpc) is 2.73. The Kier molecular flexibility index (Phi) is 6.76. The standard InChI is InChI=1S/C23H20Cl2N2O2/c1-27(14-18(8-9-28)16-6-7-21(24)22(25)12-16)23(29)20-11-15(13-26)10-17-4-2-3-5-19(17)20/h2-7,10-12,18,28H,8-9,14H2,1H3/t18-/m1/s1. The van der Waals surface area contributed by atoms with Crippen LogP contribution in [0.25, 0.3) is 10.8 Å². The molecule has 0 fully saturated rings. The van der Waals surface area contributed by atoms with E-state index in [1.165, 1.54) is 0 Å². The highest BCUT2D eigenvalue weighted by Gasteiger charge is 2.21. The number of hydrogen-bond donors (Lipinski definition) is 1. The molecule has 4 nitrogen and oxygen atoms in total. The first kappa shape index (κ1) is 21.1. The minimum absolute atomic E-state index is 0.0141. The van der Waals surface area contributed by atoms with Crippen molar-refractivity contribution >= 4 is 39.9 Å². The summed E-state index contributed by atoms with van der Waals surface area (Å²) in [5, 5.41) is 21.4. The van der Waals surface area contributed by atoms with E-state index in [9.17, 15) is 15.2 Å². The summed E-state index contributed by atoms with van der Waals surface area (Å²) in [5.74, 6) is -0.282. The Labute approximate surface area is 179 Å². The molecule has 29 heavy (non-hydrogen) atoms. The number of fused-ring (bicyclic) bond motifs is 1. The first-order valence-corrected chi connectivity index (χ1v) is 9.94. The summed E-state index contributed by atoms with van der Waals surface area (Å²) < 4.78 is 0. The van der Waals surface area contributed by atoms with Crippen molar-refractivity contribution in [2.24, 2.45) is 0 Å². The van der Waals surface area contributed by atoms with Crippen molar-refractivity contribution in [3.63, 3.8) is 0 Å². The maximum absolute atomic E-state index is 13.2. The fourth-order valence-corrected chi connectivity index (χ4v) is 3.76. The molecule has 3 aromatic rings. The zero-order valence-electron chi connectivity index (χ0n) is 15.9. The summed E-state index contributed by atoms with van der Waals surface area (Å²) in [5.41, 5.74) is 1.83. The van der Waals surface area contributed by atoms with Crippen LogP contribution in [0.3, 0.4) is 0 Å². The van der Waals surface area contributed by atoms with E-state index in [0.717, 1.165) is 16.3 Å². The summed E-state index contributed by atoms with van der Waals surface area (Å²) in [7, 11) is 1.72. The lowest BCUT2D eigenvalue weighted by molar-refractivity contribution is 0.0783. The van der Waals surface area contributed by atoms with E-state index >= 15 is 0 Å². The number of nitriles is 1. The smallest absolute Gasteiger partial charge is 0.254 e. The Hall–Kier alpha value is -2.58. The average molecular weight is 427 g/mol. The fourth-order valence-electron chi connectivity index (χ4n) is 3.46. The molecule has 1 atom stereocenters. The molecule has 148 valence electrons. The molecule has 0 radical (unpaired) electrons. The largest absolute Gasteiger partial charge is 0.396 e. The number of carbonyl (C=O) groups is 1. The molecule has 0 aliphatic carbocycles. The summed E-state index contributed by atoms with van der Waals surface area (Å²) in [6.07, 6.45) is 0.481. The predicted octanol–water partition coefficient (Wildman–Crippen LogP) is 5.26. The second-order valence-corrected chi connectivity index (χ2v) is 7.74. The highest BCUT2D eigenvalue weighted by molar-refractivity contribution is 6.42. The molecule has 0 heterocycles.